The number of ether oxygens (including phenoxy) is 7. The number of hydrogen-bond donors (Lipinski definition) is 22. The summed E-state index contributed by atoms with van der Waals surface area (Å²) in [6.07, 6.45) is -13.0. The zero-order valence-electron chi connectivity index (χ0n) is 45.7. The average Bonchev–Trinajstić information content (AvgIpc) is 0.768. The summed E-state index contributed by atoms with van der Waals surface area (Å²) in [7, 11) is 0. The number of aliphatic carboxylic acids is 2. The summed E-state index contributed by atoms with van der Waals surface area (Å²) in [6, 6.07) is 6.30. The number of carbonyl (C=O) groups excluding carboxylic acids is 6. The lowest BCUT2D eigenvalue weighted by Gasteiger charge is -2.41. The molecule has 38 nitrogen and oxygen atoms in total. The summed E-state index contributed by atoms with van der Waals surface area (Å²) in [5, 5.41) is 216. The van der Waals surface area contributed by atoms with Crippen molar-refractivity contribution in [3.8, 4) is 115 Å². The second-order valence-electron chi connectivity index (χ2n) is 19.3. The first-order valence-corrected chi connectivity index (χ1v) is 25.2. The standard InChI is InChI=1S/C27H22O18.C14H12O11.C14H10O9/c28-9-1-6(2-10(29)16(9)32)24(39)45-27-22(38)23-19(35)13(43-27)5-42-25(40)7-3-11(30)17(33)20(36)14(7)15-8(26(41)44-23)4-12(31)18(34)21(15)37;15-3-24-14-9(4(12(21)22)2-7(17)18)8-5(13(23)25-14)1-6(16)10(19)11(8)20;15-7-2-6(3-8(16)11(7)18)14(22)23-10-4-5(13(20)21)1-9(17)12(10)19/h1-4,13,19,22-23,27-38H,5H2;1,3-4,9,14,16,19-20H,2H2,(H,17,18)(H,21,22);1-4,15-19H,(H,20,21). The smallest absolute Gasteiger partial charge is 0.343 e. The number of hydrogen-bond acceptors (Lipinski definition) is 35. The van der Waals surface area contributed by atoms with Crippen LogP contribution in [0.15, 0.2) is 54.6 Å². The lowest BCUT2D eigenvalue weighted by Crippen LogP contribution is -2.61. The molecule has 0 radical (unpaired) electrons. The summed E-state index contributed by atoms with van der Waals surface area (Å²) in [5.41, 5.74) is -5.97. The molecule has 1 fully saturated rings. The Bertz CT molecular complexity index is 4050. The number of fused-ring (bicyclic) bond motifs is 6. The summed E-state index contributed by atoms with van der Waals surface area (Å²) in [4.78, 5) is 107. The van der Waals surface area contributed by atoms with Crippen LogP contribution in [-0.2, 0) is 42.8 Å². The minimum atomic E-state index is -2.22. The van der Waals surface area contributed by atoms with Crippen molar-refractivity contribution in [1.82, 2.24) is 0 Å². The first-order chi connectivity index (χ1) is 43.5. The number of aliphatic hydroxyl groups is 2. The van der Waals surface area contributed by atoms with Crippen LogP contribution in [0.1, 0.15) is 80.1 Å². The zero-order valence-corrected chi connectivity index (χ0v) is 45.7. The molecule has 3 aliphatic heterocycles. The normalized spacial score (nSPS) is 19.0. The van der Waals surface area contributed by atoms with E-state index in [1.807, 2.05) is 0 Å². The van der Waals surface area contributed by atoms with Gasteiger partial charge >= 0.3 is 47.8 Å². The fraction of sp³-hybridized carbons (Fsp3) is 0.182. The van der Waals surface area contributed by atoms with Gasteiger partial charge in [-0.1, -0.05) is 0 Å². The molecular weight excluding hydrogens is 1270 g/mol. The van der Waals surface area contributed by atoms with E-state index in [4.69, 9.17) is 38.6 Å². The number of phenols is 17. The number of carboxylic acids is 3. The minimum absolute atomic E-state index is 0.146. The monoisotopic (exact) mass is 1310 g/mol. The van der Waals surface area contributed by atoms with E-state index in [1.54, 1.807) is 0 Å². The first-order valence-electron chi connectivity index (χ1n) is 25.2. The highest BCUT2D eigenvalue weighted by atomic mass is 16.7. The molecule has 492 valence electrons. The minimum Gasteiger partial charge on any atom is -0.504 e. The van der Waals surface area contributed by atoms with Crippen LogP contribution in [0.2, 0.25) is 0 Å². The highest BCUT2D eigenvalue weighted by molar-refractivity contribution is 6.08. The Morgan fingerprint density at radius 3 is 1.42 bits per heavy atom. The number of rotatable bonds is 11. The predicted molar refractivity (Wildman–Crippen MR) is 286 cm³/mol. The summed E-state index contributed by atoms with van der Waals surface area (Å²) in [5.74, 6) is -32.6. The number of aromatic carboxylic acids is 1. The number of benzene rings is 6. The third kappa shape index (κ3) is 13.4. The van der Waals surface area contributed by atoms with Crippen molar-refractivity contribution in [3.63, 3.8) is 0 Å². The second-order valence-corrected chi connectivity index (χ2v) is 19.3. The molecule has 0 saturated carbocycles. The Balaban J connectivity index is 0.000000216. The molecule has 1 saturated heterocycles. The van der Waals surface area contributed by atoms with Gasteiger partial charge in [-0.15, -0.1) is 0 Å². The fourth-order valence-corrected chi connectivity index (χ4v) is 9.05. The molecule has 0 aromatic heterocycles. The number of carboxylic acid groups (broad SMARTS) is 3. The van der Waals surface area contributed by atoms with Crippen molar-refractivity contribution in [3.05, 3.63) is 93.5 Å². The van der Waals surface area contributed by atoms with Gasteiger partial charge in [-0.05, 0) is 54.6 Å². The van der Waals surface area contributed by atoms with E-state index in [9.17, 15) is 145 Å². The molecule has 0 spiro atoms. The predicted octanol–water partition coefficient (Wildman–Crippen LogP) is 0.567. The van der Waals surface area contributed by atoms with E-state index >= 15 is 0 Å². The van der Waals surface area contributed by atoms with Crippen molar-refractivity contribution in [2.24, 2.45) is 5.92 Å². The molecule has 9 rings (SSSR count). The maximum atomic E-state index is 13.5. The lowest BCUT2D eigenvalue weighted by molar-refractivity contribution is -0.284. The van der Waals surface area contributed by atoms with Crippen LogP contribution >= 0.6 is 0 Å². The SMILES string of the molecule is O=C(O)c1cc(O)c(O)c(OC(=O)c2cc(O)c(O)c(O)c2)c1.O=C(OC1OC2COC(=O)c3cc(O)c(O)c(O)c3-c3c(cc(O)c(O)c3O)C(=O)OC(C2O)C1O)c1cc(O)c(O)c(O)c1.O=COC1OC(=O)c2cc(O)c(O)c(O)c2C1C(CC(=O)O)C(=O)O. The molecule has 0 amide bonds. The molecule has 93 heavy (non-hydrogen) atoms. The van der Waals surface area contributed by atoms with Crippen LogP contribution in [0.3, 0.4) is 0 Å². The van der Waals surface area contributed by atoms with Crippen molar-refractivity contribution in [2.45, 2.75) is 49.3 Å². The van der Waals surface area contributed by atoms with Crippen LogP contribution in [0.25, 0.3) is 11.1 Å². The van der Waals surface area contributed by atoms with E-state index in [1.165, 1.54) is 0 Å². The van der Waals surface area contributed by atoms with Crippen molar-refractivity contribution in [2.75, 3.05) is 6.61 Å². The van der Waals surface area contributed by atoms with E-state index in [2.05, 4.69) is 4.74 Å². The number of cyclic esters (lactones) is 2. The highest BCUT2D eigenvalue weighted by Crippen LogP contribution is 2.54. The number of aromatic hydroxyl groups is 17. The van der Waals surface area contributed by atoms with Crippen LogP contribution in [0, 0.1) is 5.92 Å². The van der Waals surface area contributed by atoms with Gasteiger partial charge in [-0.3, -0.25) is 14.4 Å². The Kier molecular flexibility index (Phi) is 19.2. The maximum Gasteiger partial charge on any atom is 0.343 e. The highest BCUT2D eigenvalue weighted by Gasteiger charge is 2.51. The number of aliphatic hydroxyl groups excluding tert-OH is 2. The molecule has 6 aromatic rings. The van der Waals surface area contributed by atoms with Gasteiger partial charge in [0.05, 0.1) is 51.6 Å². The van der Waals surface area contributed by atoms with Crippen LogP contribution in [0.4, 0.5) is 0 Å². The first kappa shape index (κ1) is 67.5. The Morgan fingerprint density at radius 2 is 0.935 bits per heavy atom. The van der Waals surface area contributed by atoms with E-state index in [0.717, 1.165) is 30.3 Å². The van der Waals surface area contributed by atoms with Gasteiger partial charge in [0.1, 0.15) is 18.8 Å². The van der Waals surface area contributed by atoms with E-state index in [0.29, 0.717) is 24.3 Å². The molecule has 3 heterocycles. The molecule has 2 bridgehead atoms. The van der Waals surface area contributed by atoms with Crippen LogP contribution in [0.5, 0.6) is 103 Å². The van der Waals surface area contributed by atoms with Gasteiger partial charge < -0.3 is 146 Å². The molecule has 3 aliphatic rings. The third-order valence-corrected chi connectivity index (χ3v) is 13.5. The quantitative estimate of drug-likeness (QED) is 0.0277. The van der Waals surface area contributed by atoms with Crippen molar-refractivity contribution < 1.29 is 189 Å². The number of carbonyl (C=O) groups is 9. The van der Waals surface area contributed by atoms with Crippen LogP contribution < -0.4 is 4.74 Å². The van der Waals surface area contributed by atoms with E-state index in [-0.39, 0.29) is 6.47 Å². The largest absolute Gasteiger partial charge is 0.504 e. The molecule has 22 N–H and O–H groups in total. The molecule has 0 aliphatic carbocycles. The lowest BCUT2D eigenvalue weighted by atomic mass is 9.79. The Labute approximate surface area is 511 Å². The fourth-order valence-electron chi connectivity index (χ4n) is 9.05. The zero-order chi connectivity index (χ0) is 69.3. The third-order valence-electron chi connectivity index (χ3n) is 13.5. The Hall–Kier alpha value is -13.0. The van der Waals surface area contributed by atoms with Gasteiger partial charge in [-0.2, -0.15) is 0 Å². The van der Waals surface area contributed by atoms with Crippen LogP contribution in [-0.4, -0.2) is 210 Å². The van der Waals surface area contributed by atoms with Gasteiger partial charge in [-0.25, -0.2) is 28.8 Å². The average molecular weight is 1310 g/mol. The number of phenolic OH excluding ortho intramolecular Hbond substituents is 17. The molecule has 6 aromatic carbocycles. The van der Waals surface area contributed by atoms with Gasteiger partial charge in [0.2, 0.25) is 29.3 Å². The maximum absolute atomic E-state index is 13.5. The van der Waals surface area contributed by atoms with Crippen molar-refractivity contribution >= 4 is 54.2 Å². The number of esters is 5. The summed E-state index contributed by atoms with van der Waals surface area (Å²) < 4.78 is 34.9. The van der Waals surface area contributed by atoms with Gasteiger partial charge in [0, 0.05) is 16.7 Å². The molecule has 8 atom stereocenters. The second kappa shape index (κ2) is 26.4. The molecule has 38 heteroatoms. The van der Waals surface area contributed by atoms with Gasteiger partial charge in [0.15, 0.2) is 92.7 Å². The molecule has 8 unspecified atom stereocenters. The van der Waals surface area contributed by atoms with Gasteiger partial charge in [0.25, 0.3) is 12.8 Å². The summed E-state index contributed by atoms with van der Waals surface area (Å²) >= 11 is 0. The molecular formula is C55H44O38. The summed E-state index contributed by atoms with van der Waals surface area (Å²) in [6.45, 7) is -1.09. The Morgan fingerprint density at radius 1 is 0.495 bits per heavy atom. The van der Waals surface area contributed by atoms with Crippen molar-refractivity contribution in [1.29, 1.82) is 0 Å². The van der Waals surface area contributed by atoms with E-state index < -0.39 is 263 Å². The topological polar surface area (TPSA) is 663 Å².